The summed E-state index contributed by atoms with van der Waals surface area (Å²) in [5.74, 6) is 0.914. The molecule has 0 fully saturated rings. The topological polar surface area (TPSA) is 21.3 Å². The molecule has 0 spiro atoms. The second-order valence-electron chi connectivity index (χ2n) is 5.32. The smallest absolute Gasteiger partial charge is 0.151 e. The van der Waals surface area contributed by atoms with E-state index in [4.69, 9.17) is 16.3 Å². The Labute approximate surface area is 112 Å². The van der Waals surface area contributed by atoms with Gasteiger partial charge >= 0.3 is 0 Å². The first kappa shape index (κ1) is 11.7. The molecule has 0 aliphatic carbocycles. The summed E-state index contributed by atoms with van der Waals surface area (Å²) in [7, 11) is 0. The predicted molar refractivity (Wildman–Crippen MR) is 76.8 cm³/mol. The van der Waals surface area contributed by atoms with Gasteiger partial charge in [-0.25, -0.2) is 0 Å². The third-order valence-corrected chi connectivity index (χ3v) is 3.68. The molecule has 1 heterocycles. The van der Waals surface area contributed by atoms with Crippen LogP contribution in [-0.4, -0.2) is 12.1 Å². The Bertz CT molecular complexity index is 607. The second kappa shape index (κ2) is 4.06. The molecule has 2 aromatic rings. The molecular formula is C15H16ClNO. The Balaban J connectivity index is 2.29. The highest BCUT2D eigenvalue weighted by atomic mass is 35.5. The molecule has 94 valence electrons. The summed E-state index contributed by atoms with van der Waals surface area (Å²) in [6.07, 6.45) is 0.966. The van der Waals surface area contributed by atoms with Crippen LogP contribution in [0.4, 0.5) is 5.69 Å². The van der Waals surface area contributed by atoms with E-state index in [-0.39, 0.29) is 5.60 Å². The summed E-state index contributed by atoms with van der Waals surface area (Å²) in [5, 5.41) is 6.28. The maximum absolute atomic E-state index is 6.32. The van der Waals surface area contributed by atoms with E-state index < -0.39 is 0 Å². The number of ether oxygens (including phenoxy) is 1. The molecular weight excluding hydrogens is 246 g/mol. The Morgan fingerprint density at radius 2 is 1.94 bits per heavy atom. The third-order valence-electron chi connectivity index (χ3n) is 3.37. The van der Waals surface area contributed by atoms with Crippen molar-refractivity contribution in [1.29, 1.82) is 0 Å². The van der Waals surface area contributed by atoms with Gasteiger partial charge in [0.15, 0.2) is 5.75 Å². The molecule has 0 unspecified atom stereocenters. The van der Waals surface area contributed by atoms with Crippen molar-refractivity contribution in [3.05, 3.63) is 35.4 Å². The van der Waals surface area contributed by atoms with Crippen LogP contribution in [-0.2, 0) is 0 Å². The lowest BCUT2D eigenvalue weighted by molar-refractivity contribution is 0.110. The number of fused-ring (bicyclic) bond motifs is 3. The molecule has 1 aliphatic rings. The lowest BCUT2D eigenvalue weighted by Crippen LogP contribution is -2.28. The molecule has 18 heavy (non-hydrogen) atoms. The third kappa shape index (κ3) is 1.91. The van der Waals surface area contributed by atoms with Crippen LogP contribution in [0.2, 0.25) is 5.02 Å². The summed E-state index contributed by atoms with van der Waals surface area (Å²) in [6, 6.07) is 10.1. The molecule has 2 nitrogen and oxygen atoms in total. The van der Waals surface area contributed by atoms with Gasteiger partial charge in [-0.05, 0) is 19.9 Å². The fourth-order valence-electron chi connectivity index (χ4n) is 2.37. The Hall–Kier alpha value is -1.41. The largest absolute Gasteiger partial charge is 0.485 e. The molecule has 0 amide bonds. The van der Waals surface area contributed by atoms with E-state index >= 15 is 0 Å². The van der Waals surface area contributed by atoms with Crippen molar-refractivity contribution in [3.63, 3.8) is 0 Å². The quantitative estimate of drug-likeness (QED) is 0.756. The summed E-state index contributed by atoms with van der Waals surface area (Å²) >= 11 is 6.32. The summed E-state index contributed by atoms with van der Waals surface area (Å²) in [6.45, 7) is 5.13. The van der Waals surface area contributed by atoms with Gasteiger partial charge in [0.05, 0.1) is 10.7 Å². The van der Waals surface area contributed by atoms with Crippen LogP contribution in [0.5, 0.6) is 5.75 Å². The van der Waals surface area contributed by atoms with Gasteiger partial charge in [0, 0.05) is 23.7 Å². The number of nitrogens with one attached hydrogen (secondary N) is 1. The van der Waals surface area contributed by atoms with E-state index in [0.29, 0.717) is 0 Å². The molecule has 0 saturated carbocycles. The van der Waals surface area contributed by atoms with Crippen LogP contribution in [0.25, 0.3) is 10.8 Å². The van der Waals surface area contributed by atoms with E-state index in [1.165, 1.54) is 0 Å². The van der Waals surface area contributed by atoms with Gasteiger partial charge in [-0.2, -0.15) is 0 Å². The van der Waals surface area contributed by atoms with Crippen molar-refractivity contribution < 1.29 is 4.74 Å². The van der Waals surface area contributed by atoms with Crippen molar-refractivity contribution in [2.45, 2.75) is 25.9 Å². The highest BCUT2D eigenvalue weighted by molar-refractivity contribution is 6.36. The molecule has 3 heteroatoms. The minimum atomic E-state index is -0.158. The van der Waals surface area contributed by atoms with E-state index in [2.05, 4.69) is 25.2 Å². The SMILES string of the molecule is CC1(C)CCNc2cc(Cl)c3ccccc3c2O1. The van der Waals surface area contributed by atoms with Gasteiger partial charge in [-0.1, -0.05) is 35.9 Å². The van der Waals surface area contributed by atoms with Crippen molar-refractivity contribution in [1.82, 2.24) is 0 Å². The lowest BCUT2D eigenvalue weighted by atomic mass is 10.1. The highest BCUT2D eigenvalue weighted by Gasteiger charge is 2.26. The Morgan fingerprint density at radius 3 is 2.72 bits per heavy atom. The highest BCUT2D eigenvalue weighted by Crippen LogP contribution is 2.42. The first-order valence-corrected chi connectivity index (χ1v) is 6.59. The van der Waals surface area contributed by atoms with E-state index in [0.717, 1.165) is 40.2 Å². The van der Waals surface area contributed by atoms with Crippen molar-refractivity contribution in [2.24, 2.45) is 0 Å². The minimum Gasteiger partial charge on any atom is -0.485 e. The van der Waals surface area contributed by atoms with Gasteiger partial charge in [0.2, 0.25) is 0 Å². The number of anilines is 1. The lowest BCUT2D eigenvalue weighted by Gasteiger charge is -2.25. The summed E-state index contributed by atoms with van der Waals surface area (Å²) < 4.78 is 6.19. The standard InChI is InChI=1S/C15H16ClNO/c1-15(2)7-8-17-13-9-12(16)10-5-3-4-6-11(10)14(13)18-15/h3-6,9,17H,7-8H2,1-2H3. The second-order valence-corrected chi connectivity index (χ2v) is 5.73. The van der Waals surface area contributed by atoms with E-state index in [1.54, 1.807) is 0 Å². The molecule has 1 aliphatic heterocycles. The Morgan fingerprint density at radius 1 is 1.22 bits per heavy atom. The monoisotopic (exact) mass is 261 g/mol. The molecule has 0 saturated heterocycles. The molecule has 2 aromatic carbocycles. The van der Waals surface area contributed by atoms with Crippen LogP contribution in [0, 0.1) is 0 Å². The van der Waals surface area contributed by atoms with Crippen LogP contribution in [0.15, 0.2) is 30.3 Å². The zero-order chi connectivity index (χ0) is 12.8. The van der Waals surface area contributed by atoms with Crippen LogP contribution in [0.1, 0.15) is 20.3 Å². The predicted octanol–water partition coefficient (Wildman–Crippen LogP) is 4.47. The van der Waals surface area contributed by atoms with Gasteiger partial charge in [-0.15, -0.1) is 0 Å². The van der Waals surface area contributed by atoms with Crippen LogP contribution in [0.3, 0.4) is 0 Å². The van der Waals surface area contributed by atoms with Crippen LogP contribution < -0.4 is 10.1 Å². The fourth-order valence-corrected chi connectivity index (χ4v) is 2.65. The maximum Gasteiger partial charge on any atom is 0.151 e. The summed E-state index contributed by atoms with van der Waals surface area (Å²) in [5.41, 5.74) is 0.832. The van der Waals surface area contributed by atoms with Crippen molar-refractivity contribution in [3.8, 4) is 5.75 Å². The van der Waals surface area contributed by atoms with Crippen LogP contribution >= 0.6 is 11.6 Å². The molecule has 0 atom stereocenters. The molecule has 1 N–H and O–H groups in total. The normalized spacial score (nSPS) is 17.5. The molecule has 0 aromatic heterocycles. The Kier molecular flexibility index (Phi) is 2.63. The first-order chi connectivity index (χ1) is 8.57. The number of hydrogen-bond acceptors (Lipinski definition) is 2. The number of benzene rings is 2. The zero-order valence-electron chi connectivity index (χ0n) is 10.6. The van der Waals surface area contributed by atoms with Gasteiger partial charge < -0.3 is 10.1 Å². The molecule has 0 radical (unpaired) electrons. The molecule has 0 bridgehead atoms. The van der Waals surface area contributed by atoms with Gasteiger partial charge in [-0.3, -0.25) is 0 Å². The maximum atomic E-state index is 6.32. The number of hydrogen-bond donors (Lipinski definition) is 1. The van der Waals surface area contributed by atoms with E-state index in [1.807, 2.05) is 24.3 Å². The average Bonchev–Trinajstić information content (AvgIpc) is 2.48. The minimum absolute atomic E-state index is 0.158. The molecule has 3 rings (SSSR count). The summed E-state index contributed by atoms with van der Waals surface area (Å²) in [4.78, 5) is 0. The van der Waals surface area contributed by atoms with E-state index in [9.17, 15) is 0 Å². The van der Waals surface area contributed by atoms with Gasteiger partial charge in [0.25, 0.3) is 0 Å². The fraction of sp³-hybridized carbons (Fsp3) is 0.333. The number of halogens is 1. The van der Waals surface area contributed by atoms with Crippen molar-refractivity contribution in [2.75, 3.05) is 11.9 Å². The van der Waals surface area contributed by atoms with Crippen molar-refractivity contribution >= 4 is 28.1 Å². The average molecular weight is 262 g/mol. The number of rotatable bonds is 0. The first-order valence-electron chi connectivity index (χ1n) is 6.21. The van der Waals surface area contributed by atoms with Gasteiger partial charge in [0.1, 0.15) is 5.60 Å². The zero-order valence-corrected chi connectivity index (χ0v) is 11.3.